The Morgan fingerprint density at radius 1 is 1.15 bits per heavy atom. The third-order valence-corrected chi connectivity index (χ3v) is 6.80. The van der Waals surface area contributed by atoms with Crippen molar-refractivity contribution >= 4 is 16.1 Å². The molecule has 2 heterocycles. The van der Waals surface area contributed by atoms with Gasteiger partial charge in [0.25, 0.3) is 10.2 Å². The van der Waals surface area contributed by atoms with E-state index in [0.717, 1.165) is 12.0 Å². The summed E-state index contributed by atoms with van der Waals surface area (Å²) >= 11 is 0. The van der Waals surface area contributed by atoms with Gasteiger partial charge in [0.1, 0.15) is 0 Å². The van der Waals surface area contributed by atoms with Crippen molar-refractivity contribution in [1.29, 1.82) is 0 Å². The summed E-state index contributed by atoms with van der Waals surface area (Å²) in [5, 5.41) is 0. The van der Waals surface area contributed by atoms with Gasteiger partial charge < -0.3 is 4.90 Å². The first-order valence-corrected chi connectivity index (χ1v) is 10.9. The molecule has 0 atom stereocenters. The van der Waals surface area contributed by atoms with Crippen LogP contribution < -0.4 is 4.72 Å². The van der Waals surface area contributed by atoms with Crippen LogP contribution in [0.25, 0.3) is 0 Å². The van der Waals surface area contributed by atoms with Crippen molar-refractivity contribution in [3.8, 4) is 0 Å². The number of hydrogen-bond donors (Lipinski definition) is 1. The molecule has 1 amide bonds. The third-order valence-electron chi connectivity index (χ3n) is 5.18. The minimum Gasteiger partial charge on any atom is -0.343 e. The van der Waals surface area contributed by atoms with E-state index in [-0.39, 0.29) is 11.9 Å². The summed E-state index contributed by atoms with van der Waals surface area (Å²) < 4.78 is 29.9. The highest BCUT2D eigenvalue weighted by molar-refractivity contribution is 7.87. The predicted octanol–water partition coefficient (Wildman–Crippen LogP) is 1.92. The Morgan fingerprint density at radius 3 is 2.46 bits per heavy atom. The number of carbonyl (C=O) groups is 1. The molecule has 7 heteroatoms. The molecule has 144 valence electrons. The molecule has 0 saturated carbocycles. The van der Waals surface area contributed by atoms with E-state index in [1.54, 1.807) is 0 Å². The van der Waals surface area contributed by atoms with Gasteiger partial charge in [0, 0.05) is 38.6 Å². The van der Waals surface area contributed by atoms with Gasteiger partial charge >= 0.3 is 0 Å². The van der Waals surface area contributed by atoms with E-state index in [0.29, 0.717) is 51.4 Å². The number of benzene rings is 1. The number of carbonyl (C=O) groups excluding carboxylic acids is 1. The predicted molar refractivity (Wildman–Crippen MR) is 102 cm³/mol. The van der Waals surface area contributed by atoms with Crippen LogP contribution in [0, 0.1) is 5.92 Å². The van der Waals surface area contributed by atoms with E-state index in [1.165, 1.54) is 9.87 Å². The summed E-state index contributed by atoms with van der Waals surface area (Å²) in [7, 11) is -3.50. The van der Waals surface area contributed by atoms with E-state index in [2.05, 4.69) is 10.8 Å². The molecule has 0 aliphatic carbocycles. The van der Waals surface area contributed by atoms with Gasteiger partial charge in [-0.2, -0.15) is 17.4 Å². The second-order valence-corrected chi connectivity index (χ2v) is 9.43. The number of likely N-dealkylation sites (tertiary alicyclic amines) is 1. The smallest absolute Gasteiger partial charge is 0.280 e. The summed E-state index contributed by atoms with van der Waals surface area (Å²) in [6, 6.07) is 7.91. The molecule has 0 spiro atoms. The lowest BCUT2D eigenvalue weighted by Gasteiger charge is -2.35. The molecule has 2 aliphatic rings. The molecule has 1 fully saturated rings. The van der Waals surface area contributed by atoms with Crippen LogP contribution in [0.4, 0.5) is 0 Å². The topological polar surface area (TPSA) is 69.7 Å². The standard InChI is InChI=1S/C19H29N3O3S/c1-15(2)13-19(23)21-10-8-18(9-11-21)20-26(24,25)22-12-7-16-5-3-4-6-17(16)14-22/h3-6,15,18,20H,7-14H2,1-2H3. The minimum absolute atomic E-state index is 0.0970. The lowest BCUT2D eigenvalue weighted by atomic mass is 10.0. The Morgan fingerprint density at radius 2 is 1.81 bits per heavy atom. The fraction of sp³-hybridized carbons (Fsp3) is 0.632. The highest BCUT2D eigenvalue weighted by Crippen LogP contribution is 2.21. The van der Waals surface area contributed by atoms with Gasteiger partial charge in [-0.1, -0.05) is 38.1 Å². The number of amides is 1. The molecule has 26 heavy (non-hydrogen) atoms. The number of piperidine rings is 1. The van der Waals surface area contributed by atoms with Crippen LogP contribution in [0.1, 0.15) is 44.2 Å². The zero-order chi connectivity index (χ0) is 18.7. The molecule has 1 N–H and O–H groups in total. The Kier molecular flexibility index (Phi) is 5.99. The van der Waals surface area contributed by atoms with Crippen LogP contribution in [-0.2, 0) is 28.0 Å². The van der Waals surface area contributed by atoms with Gasteiger partial charge in [0.15, 0.2) is 0 Å². The van der Waals surface area contributed by atoms with Gasteiger partial charge in [-0.3, -0.25) is 4.79 Å². The van der Waals surface area contributed by atoms with Crippen molar-refractivity contribution in [2.45, 2.75) is 52.1 Å². The quantitative estimate of drug-likeness (QED) is 0.850. The molecule has 1 aromatic carbocycles. The first kappa shape index (κ1) is 19.3. The fourth-order valence-corrected chi connectivity index (χ4v) is 5.13. The van der Waals surface area contributed by atoms with Crippen molar-refractivity contribution in [3.05, 3.63) is 35.4 Å². The van der Waals surface area contributed by atoms with Crippen LogP contribution in [-0.4, -0.2) is 49.2 Å². The molecule has 2 aliphatic heterocycles. The van der Waals surface area contributed by atoms with Crippen LogP contribution in [0.5, 0.6) is 0 Å². The first-order chi connectivity index (χ1) is 12.3. The van der Waals surface area contributed by atoms with Crippen molar-refractivity contribution in [1.82, 2.24) is 13.9 Å². The molecular weight excluding hydrogens is 350 g/mol. The van der Waals surface area contributed by atoms with Crippen molar-refractivity contribution in [2.75, 3.05) is 19.6 Å². The number of nitrogens with one attached hydrogen (secondary N) is 1. The second kappa shape index (κ2) is 8.06. The van der Waals surface area contributed by atoms with Gasteiger partial charge in [-0.05, 0) is 36.3 Å². The van der Waals surface area contributed by atoms with E-state index >= 15 is 0 Å². The maximum absolute atomic E-state index is 12.8. The normalized spacial score (nSPS) is 19.6. The Labute approximate surface area is 156 Å². The van der Waals surface area contributed by atoms with Gasteiger partial charge in [0.05, 0.1) is 0 Å². The third kappa shape index (κ3) is 4.64. The highest BCUT2D eigenvalue weighted by atomic mass is 32.2. The fourth-order valence-electron chi connectivity index (χ4n) is 3.69. The van der Waals surface area contributed by atoms with E-state index < -0.39 is 10.2 Å². The van der Waals surface area contributed by atoms with Crippen molar-refractivity contribution < 1.29 is 13.2 Å². The lowest BCUT2D eigenvalue weighted by Crippen LogP contribution is -2.51. The molecule has 6 nitrogen and oxygen atoms in total. The molecule has 0 unspecified atom stereocenters. The average molecular weight is 380 g/mol. The van der Waals surface area contributed by atoms with Crippen LogP contribution in [0.2, 0.25) is 0 Å². The maximum Gasteiger partial charge on any atom is 0.280 e. The number of fused-ring (bicyclic) bond motifs is 1. The largest absolute Gasteiger partial charge is 0.343 e. The molecule has 0 bridgehead atoms. The lowest BCUT2D eigenvalue weighted by molar-refractivity contribution is -0.133. The van der Waals surface area contributed by atoms with Gasteiger partial charge in [-0.25, -0.2) is 0 Å². The Balaban J connectivity index is 1.54. The monoisotopic (exact) mass is 379 g/mol. The molecule has 0 radical (unpaired) electrons. The van der Waals surface area contributed by atoms with Gasteiger partial charge in [0.2, 0.25) is 5.91 Å². The maximum atomic E-state index is 12.8. The van der Waals surface area contributed by atoms with Crippen LogP contribution in [0.15, 0.2) is 24.3 Å². The van der Waals surface area contributed by atoms with E-state index in [1.807, 2.05) is 36.9 Å². The summed E-state index contributed by atoms with van der Waals surface area (Å²) in [6.45, 7) is 6.27. The summed E-state index contributed by atoms with van der Waals surface area (Å²) in [5.74, 6) is 0.523. The molecular formula is C19H29N3O3S. The van der Waals surface area contributed by atoms with Crippen molar-refractivity contribution in [3.63, 3.8) is 0 Å². The highest BCUT2D eigenvalue weighted by Gasteiger charge is 2.31. The Hall–Kier alpha value is -1.44. The Bertz CT molecular complexity index is 740. The summed E-state index contributed by atoms with van der Waals surface area (Å²) in [6.07, 6.45) is 2.66. The van der Waals surface area contributed by atoms with Crippen LogP contribution >= 0.6 is 0 Å². The summed E-state index contributed by atoms with van der Waals surface area (Å²) in [5.41, 5.74) is 2.31. The van der Waals surface area contributed by atoms with Crippen LogP contribution in [0.3, 0.4) is 0 Å². The summed E-state index contributed by atoms with van der Waals surface area (Å²) in [4.78, 5) is 14.0. The molecule has 0 aromatic heterocycles. The van der Waals surface area contributed by atoms with Gasteiger partial charge in [-0.15, -0.1) is 0 Å². The molecule has 1 aromatic rings. The first-order valence-electron chi connectivity index (χ1n) is 9.47. The molecule has 3 rings (SSSR count). The molecule has 1 saturated heterocycles. The van der Waals surface area contributed by atoms with E-state index in [9.17, 15) is 13.2 Å². The van der Waals surface area contributed by atoms with E-state index in [4.69, 9.17) is 0 Å². The number of hydrogen-bond acceptors (Lipinski definition) is 3. The SMILES string of the molecule is CC(C)CC(=O)N1CCC(NS(=O)(=O)N2CCc3ccccc3C2)CC1. The second-order valence-electron chi connectivity index (χ2n) is 7.73. The zero-order valence-electron chi connectivity index (χ0n) is 15.6. The number of nitrogens with zero attached hydrogens (tertiary/aromatic N) is 2. The number of rotatable bonds is 5. The minimum atomic E-state index is -3.50. The van der Waals surface area contributed by atoms with Crippen molar-refractivity contribution in [2.24, 2.45) is 5.92 Å². The zero-order valence-corrected chi connectivity index (χ0v) is 16.5. The average Bonchev–Trinajstić information content (AvgIpc) is 2.61.